The van der Waals surface area contributed by atoms with Crippen LogP contribution in [0.4, 0.5) is 0 Å². The molecule has 1 aromatic carbocycles. The fraction of sp³-hybridized carbons (Fsp3) is 0.455. The number of rotatable bonds is 2. The van der Waals surface area contributed by atoms with E-state index in [0.29, 0.717) is 12.1 Å². The Labute approximate surface area is 78.6 Å². The molecule has 0 amide bonds. The van der Waals surface area contributed by atoms with Crippen LogP contribution in [0.3, 0.4) is 0 Å². The summed E-state index contributed by atoms with van der Waals surface area (Å²) >= 11 is 0. The van der Waals surface area contributed by atoms with Gasteiger partial charge in [-0.3, -0.25) is 0 Å². The molecular weight excluding hydrogens is 162 g/mol. The number of nitrogens with one attached hydrogen (secondary N) is 1. The molecule has 0 spiro atoms. The third-order valence-electron chi connectivity index (χ3n) is 2.66. The Kier molecular flexibility index (Phi) is 2.62. The predicted octanol–water partition coefficient (Wildman–Crippen LogP) is 1.47. The van der Waals surface area contributed by atoms with Gasteiger partial charge >= 0.3 is 0 Å². The fourth-order valence-electron chi connectivity index (χ4n) is 1.91. The second-order valence-corrected chi connectivity index (χ2v) is 3.59. The van der Waals surface area contributed by atoms with Gasteiger partial charge in [0.1, 0.15) is 0 Å². The summed E-state index contributed by atoms with van der Waals surface area (Å²) in [5.41, 5.74) is 1.33. The van der Waals surface area contributed by atoms with Gasteiger partial charge in [0.05, 0.1) is 6.61 Å². The predicted molar refractivity (Wildman–Crippen MR) is 52.4 cm³/mol. The molecule has 2 unspecified atom stereocenters. The minimum atomic E-state index is 0.253. The summed E-state index contributed by atoms with van der Waals surface area (Å²) in [5.74, 6) is 0. The maximum absolute atomic E-state index is 8.97. The summed E-state index contributed by atoms with van der Waals surface area (Å²) < 4.78 is 0. The fourth-order valence-corrected chi connectivity index (χ4v) is 1.91. The third-order valence-corrected chi connectivity index (χ3v) is 2.66. The Morgan fingerprint density at radius 2 is 2.00 bits per heavy atom. The molecule has 1 heterocycles. The van der Waals surface area contributed by atoms with Gasteiger partial charge in [0.25, 0.3) is 0 Å². The van der Waals surface area contributed by atoms with Crippen molar-refractivity contribution in [2.45, 2.75) is 24.9 Å². The molecule has 2 rings (SSSR count). The molecule has 2 N–H and O–H groups in total. The van der Waals surface area contributed by atoms with Crippen LogP contribution in [0.2, 0.25) is 0 Å². The van der Waals surface area contributed by atoms with Crippen LogP contribution in [0.15, 0.2) is 30.3 Å². The van der Waals surface area contributed by atoms with Crippen molar-refractivity contribution in [3.63, 3.8) is 0 Å². The largest absolute Gasteiger partial charge is 0.395 e. The van der Waals surface area contributed by atoms with E-state index in [-0.39, 0.29) is 6.61 Å². The average Bonchev–Trinajstić information content (AvgIpc) is 2.67. The molecule has 0 aromatic heterocycles. The normalized spacial score (nSPS) is 27.8. The molecule has 2 atom stereocenters. The summed E-state index contributed by atoms with van der Waals surface area (Å²) in [7, 11) is 0. The Balaban J connectivity index is 2.04. The molecule has 1 aliphatic heterocycles. The summed E-state index contributed by atoms with van der Waals surface area (Å²) in [6.45, 7) is 0.253. The Bertz CT molecular complexity index is 260. The highest BCUT2D eigenvalue weighted by Crippen LogP contribution is 2.25. The third kappa shape index (κ3) is 1.90. The van der Waals surface area contributed by atoms with Gasteiger partial charge in [0.15, 0.2) is 0 Å². The van der Waals surface area contributed by atoms with Crippen molar-refractivity contribution in [2.75, 3.05) is 6.61 Å². The first-order valence-electron chi connectivity index (χ1n) is 4.82. The first-order valence-corrected chi connectivity index (χ1v) is 4.82. The molecule has 2 nitrogen and oxygen atoms in total. The summed E-state index contributed by atoms with van der Waals surface area (Å²) in [5, 5.41) is 12.4. The van der Waals surface area contributed by atoms with Crippen LogP contribution >= 0.6 is 0 Å². The SMILES string of the molecule is OCC1CCC(c2ccccc2)N1. The quantitative estimate of drug-likeness (QED) is 0.717. The van der Waals surface area contributed by atoms with Gasteiger partial charge in [-0.15, -0.1) is 0 Å². The van der Waals surface area contributed by atoms with Crippen LogP contribution in [0.1, 0.15) is 24.4 Å². The molecule has 0 radical (unpaired) electrons. The van der Waals surface area contributed by atoms with Gasteiger partial charge in [-0.05, 0) is 18.4 Å². The zero-order valence-corrected chi connectivity index (χ0v) is 7.61. The standard InChI is InChI=1S/C11H15NO/c13-8-10-6-7-11(12-10)9-4-2-1-3-5-9/h1-5,10-13H,6-8H2. The molecule has 0 saturated carbocycles. The topological polar surface area (TPSA) is 32.3 Å². The number of aliphatic hydroxyl groups excluding tert-OH is 1. The van der Waals surface area contributed by atoms with Crippen molar-refractivity contribution in [1.82, 2.24) is 5.32 Å². The lowest BCUT2D eigenvalue weighted by Gasteiger charge is -2.12. The van der Waals surface area contributed by atoms with Crippen molar-refractivity contribution in [1.29, 1.82) is 0 Å². The Morgan fingerprint density at radius 1 is 1.23 bits per heavy atom. The summed E-state index contributed by atoms with van der Waals surface area (Å²) in [6.07, 6.45) is 2.21. The second kappa shape index (κ2) is 3.90. The van der Waals surface area contributed by atoms with Gasteiger partial charge in [0.2, 0.25) is 0 Å². The van der Waals surface area contributed by atoms with E-state index in [0.717, 1.165) is 12.8 Å². The Morgan fingerprint density at radius 3 is 2.62 bits per heavy atom. The second-order valence-electron chi connectivity index (χ2n) is 3.59. The van der Waals surface area contributed by atoms with E-state index in [4.69, 9.17) is 5.11 Å². The lowest BCUT2D eigenvalue weighted by atomic mass is 10.1. The smallest absolute Gasteiger partial charge is 0.0584 e. The molecule has 2 heteroatoms. The van der Waals surface area contributed by atoms with Crippen molar-refractivity contribution < 1.29 is 5.11 Å². The van der Waals surface area contributed by atoms with Crippen LogP contribution in [0.5, 0.6) is 0 Å². The summed E-state index contributed by atoms with van der Waals surface area (Å²) in [6, 6.07) is 11.2. The van der Waals surface area contributed by atoms with Crippen molar-refractivity contribution in [3.05, 3.63) is 35.9 Å². The van der Waals surface area contributed by atoms with E-state index >= 15 is 0 Å². The van der Waals surface area contributed by atoms with Crippen LogP contribution in [0.25, 0.3) is 0 Å². The van der Waals surface area contributed by atoms with Crippen LogP contribution in [0, 0.1) is 0 Å². The van der Waals surface area contributed by atoms with E-state index in [1.807, 2.05) is 6.07 Å². The van der Waals surface area contributed by atoms with Crippen LogP contribution in [-0.2, 0) is 0 Å². The van der Waals surface area contributed by atoms with Crippen LogP contribution in [-0.4, -0.2) is 17.8 Å². The minimum absolute atomic E-state index is 0.253. The molecule has 13 heavy (non-hydrogen) atoms. The maximum atomic E-state index is 8.97. The molecule has 1 fully saturated rings. The average molecular weight is 177 g/mol. The first kappa shape index (κ1) is 8.73. The molecule has 1 aliphatic rings. The van der Waals surface area contributed by atoms with Crippen molar-refractivity contribution in [3.8, 4) is 0 Å². The van der Waals surface area contributed by atoms with Gasteiger partial charge in [-0.1, -0.05) is 30.3 Å². The van der Waals surface area contributed by atoms with Crippen LogP contribution < -0.4 is 5.32 Å². The first-order chi connectivity index (χ1) is 6.40. The maximum Gasteiger partial charge on any atom is 0.0584 e. The highest BCUT2D eigenvalue weighted by atomic mass is 16.3. The highest BCUT2D eigenvalue weighted by Gasteiger charge is 2.23. The molecule has 1 saturated heterocycles. The van der Waals surface area contributed by atoms with E-state index in [1.165, 1.54) is 5.56 Å². The monoisotopic (exact) mass is 177 g/mol. The lowest BCUT2D eigenvalue weighted by Crippen LogP contribution is -2.27. The zero-order chi connectivity index (χ0) is 9.10. The molecule has 0 bridgehead atoms. The van der Waals surface area contributed by atoms with Gasteiger partial charge in [-0.25, -0.2) is 0 Å². The minimum Gasteiger partial charge on any atom is -0.395 e. The van der Waals surface area contributed by atoms with Crippen molar-refractivity contribution >= 4 is 0 Å². The highest BCUT2D eigenvalue weighted by molar-refractivity contribution is 5.20. The summed E-state index contributed by atoms with van der Waals surface area (Å²) in [4.78, 5) is 0. The number of hydrogen-bond acceptors (Lipinski definition) is 2. The molecule has 70 valence electrons. The number of aliphatic hydroxyl groups is 1. The Hall–Kier alpha value is -0.860. The zero-order valence-electron chi connectivity index (χ0n) is 7.61. The number of hydrogen-bond donors (Lipinski definition) is 2. The van der Waals surface area contributed by atoms with E-state index in [9.17, 15) is 0 Å². The lowest BCUT2D eigenvalue weighted by molar-refractivity contribution is 0.251. The van der Waals surface area contributed by atoms with E-state index in [1.54, 1.807) is 0 Å². The van der Waals surface area contributed by atoms with E-state index < -0.39 is 0 Å². The number of benzene rings is 1. The van der Waals surface area contributed by atoms with Gasteiger partial charge in [-0.2, -0.15) is 0 Å². The van der Waals surface area contributed by atoms with E-state index in [2.05, 4.69) is 29.6 Å². The molecule has 0 aliphatic carbocycles. The van der Waals surface area contributed by atoms with Gasteiger partial charge < -0.3 is 10.4 Å². The molecular formula is C11H15NO. The molecule has 1 aromatic rings. The van der Waals surface area contributed by atoms with Crippen molar-refractivity contribution in [2.24, 2.45) is 0 Å². The van der Waals surface area contributed by atoms with Gasteiger partial charge in [0, 0.05) is 12.1 Å².